The molecule has 1 N–H and O–H groups in total. The molecule has 2 rings (SSSR count). The van der Waals surface area contributed by atoms with Crippen LogP contribution in [-0.4, -0.2) is 47.4 Å². The lowest BCUT2D eigenvalue weighted by molar-refractivity contribution is -0.389. The number of aromatic nitrogens is 1. The van der Waals surface area contributed by atoms with Crippen molar-refractivity contribution in [3.8, 4) is 0 Å². The Labute approximate surface area is 97.8 Å². The van der Waals surface area contributed by atoms with Gasteiger partial charge in [0.25, 0.3) is 0 Å². The molecule has 0 saturated carbocycles. The van der Waals surface area contributed by atoms with Crippen LogP contribution in [0.25, 0.3) is 0 Å². The minimum absolute atomic E-state index is 0.0308. The van der Waals surface area contributed by atoms with Crippen molar-refractivity contribution in [2.24, 2.45) is 0 Å². The van der Waals surface area contributed by atoms with Crippen LogP contribution in [0.2, 0.25) is 0 Å². The number of aliphatic hydroxyl groups excluding tert-OH is 1. The molecule has 0 amide bonds. The number of ether oxygens (including phenoxy) is 1. The van der Waals surface area contributed by atoms with E-state index in [0.29, 0.717) is 19.7 Å². The first-order chi connectivity index (χ1) is 8.20. The normalized spacial score (nSPS) is 20.3. The Bertz CT molecular complexity index is 395. The standard InChI is InChI=1S/C10H13N3O4/c14-7-9-6-12(3-4-17-9)8-1-2-10(11-5-8)13(15)16/h1-2,5,9,14H,3-4,6-7H2/t9-/m1/s1. The Morgan fingerprint density at radius 2 is 2.47 bits per heavy atom. The summed E-state index contributed by atoms with van der Waals surface area (Å²) in [7, 11) is 0. The van der Waals surface area contributed by atoms with Crippen molar-refractivity contribution in [2.45, 2.75) is 6.10 Å². The fourth-order valence-corrected chi connectivity index (χ4v) is 1.74. The summed E-state index contributed by atoms with van der Waals surface area (Å²) in [6.07, 6.45) is 1.26. The predicted molar refractivity (Wildman–Crippen MR) is 59.9 cm³/mol. The Kier molecular flexibility index (Phi) is 3.50. The van der Waals surface area contributed by atoms with E-state index in [1.807, 2.05) is 4.90 Å². The molecule has 0 aromatic carbocycles. The van der Waals surface area contributed by atoms with Crippen LogP contribution in [0.1, 0.15) is 0 Å². The van der Waals surface area contributed by atoms with Gasteiger partial charge in [-0.25, -0.2) is 0 Å². The van der Waals surface area contributed by atoms with Crippen LogP contribution in [-0.2, 0) is 4.74 Å². The highest BCUT2D eigenvalue weighted by Gasteiger charge is 2.21. The van der Waals surface area contributed by atoms with Gasteiger partial charge in [0.2, 0.25) is 0 Å². The van der Waals surface area contributed by atoms with Gasteiger partial charge in [0.15, 0.2) is 6.20 Å². The van der Waals surface area contributed by atoms with Crippen LogP contribution in [0.3, 0.4) is 0 Å². The summed E-state index contributed by atoms with van der Waals surface area (Å²) in [4.78, 5) is 15.7. The van der Waals surface area contributed by atoms with Crippen molar-refractivity contribution < 1.29 is 14.8 Å². The van der Waals surface area contributed by atoms with Gasteiger partial charge in [-0.3, -0.25) is 0 Å². The molecule has 2 heterocycles. The van der Waals surface area contributed by atoms with Gasteiger partial charge in [0.1, 0.15) is 0 Å². The first kappa shape index (κ1) is 11.7. The molecule has 0 aliphatic carbocycles. The van der Waals surface area contributed by atoms with Gasteiger partial charge >= 0.3 is 5.82 Å². The third-order valence-electron chi connectivity index (χ3n) is 2.63. The monoisotopic (exact) mass is 239 g/mol. The number of hydrogen-bond acceptors (Lipinski definition) is 6. The maximum atomic E-state index is 10.5. The van der Waals surface area contributed by atoms with Gasteiger partial charge in [0, 0.05) is 19.2 Å². The minimum atomic E-state index is -0.528. The largest absolute Gasteiger partial charge is 0.394 e. The van der Waals surface area contributed by atoms with Crippen molar-refractivity contribution in [1.29, 1.82) is 0 Å². The molecule has 1 saturated heterocycles. The third-order valence-corrected chi connectivity index (χ3v) is 2.63. The summed E-state index contributed by atoms with van der Waals surface area (Å²) in [5.41, 5.74) is 0.803. The number of aliphatic hydroxyl groups is 1. The molecule has 1 aromatic heterocycles. The van der Waals surface area contributed by atoms with Crippen LogP contribution < -0.4 is 4.90 Å². The molecule has 17 heavy (non-hydrogen) atoms. The molecule has 0 unspecified atom stereocenters. The molecule has 0 radical (unpaired) electrons. The molecule has 7 nitrogen and oxygen atoms in total. The lowest BCUT2D eigenvalue weighted by atomic mass is 10.2. The van der Waals surface area contributed by atoms with Crippen LogP contribution >= 0.6 is 0 Å². The van der Waals surface area contributed by atoms with Crippen molar-refractivity contribution >= 4 is 11.5 Å². The first-order valence-electron chi connectivity index (χ1n) is 5.28. The van der Waals surface area contributed by atoms with Crippen LogP contribution in [0, 0.1) is 10.1 Å². The van der Waals surface area contributed by atoms with E-state index in [-0.39, 0.29) is 18.5 Å². The molecule has 0 bridgehead atoms. The van der Waals surface area contributed by atoms with Crippen LogP contribution in [0.4, 0.5) is 11.5 Å². The number of anilines is 1. The second kappa shape index (κ2) is 5.07. The number of morpholine rings is 1. The Hall–Kier alpha value is -1.73. The summed E-state index contributed by atoms with van der Waals surface area (Å²) in [5.74, 6) is -0.166. The van der Waals surface area contributed by atoms with Gasteiger partial charge in [-0.2, -0.15) is 0 Å². The number of hydrogen-bond donors (Lipinski definition) is 1. The zero-order valence-electron chi connectivity index (χ0n) is 9.15. The van der Waals surface area contributed by atoms with E-state index in [0.717, 1.165) is 5.69 Å². The molecular weight excluding hydrogens is 226 g/mol. The maximum Gasteiger partial charge on any atom is 0.363 e. The van der Waals surface area contributed by atoms with Gasteiger partial charge < -0.3 is 24.9 Å². The highest BCUT2D eigenvalue weighted by Crippen LogP contribution is 2.18. The van der Waals surface area contributed by atoms with E-state index in [2.05, 4.69) is 4.98 Å². The van der Waals surface area contributed by atoms with Gasteiger partial charge in [-0.05, 0) is 16.0 Å². The molecule has 92 valence electrons. The predicted octanol–water partition coefficient (Wildman–Crippen LogP) is 0.187. The van der Waals surface area contributed by atoms with E-state index in [1.54, 1.807) is 6.07 Å². The molecule has 1 aromatic rings. The van der Waals surface area contributed by atoms with Crippen molar-refractivity contribution in [3.63, 3.8) is 0 Å². The summed E-state index contributed by atoms with van der Waals surface area (Å²) >= 11 is 0. The number of nitrogens with zero attached hydrogens (tertiary/aromatic N) is 3. The topological polar surface area (TPSA) is 88.7 Å². The Morgan fingerprint density at radius 1 is 1.65 bits per heavy atom. The van der Waals surface area contributed by atoms with Crippen LogP contribution in [0.5, 0.6) is 0 Å². The summed E-state index contributed by atoms with van der Waals surface area (Å²) in [6, 6.07) is 3.03. The Morgan fingerprint density at radius 3 is 3.06 bits per heavy atom. The summed E-state index contributed by atoms with van der Waals surface area (Å²) in [6.45, 7) is 1.76. The smallest absolute Gasteiger partial charge is 0.363 e. The summed E-state index contributed by atoms with van der Waals surface area (Å²) in [5, 5.41) is 19.5. The highest BCUT2D eigenvalue weighted by molar-refractivity contribution is 5.46. The number of pyridine rings is 1. The fraction of sp³-hybridized carbons (Fsp3) is 0.500. The quantitative estimate of drug-likeness (QED) is 0.598. The third kappa shape index (κ3) is 2.69. The summed E-state index contributed by atoms with van der Waals surface area (Å²) < 4.78 is 5.32. The van der Waals surface area contributed by atoms with Crippen molar-refractivity contribution in [1.82, 2.24) is 4.98 Å². The number of rotatable bonds is 3. The fourth-order valence-electron chi connectivity index (χ4n) is 1.74. The van der Waals surface area contributed by atoms with E-state index >= 15 is 0 Å². The Balaban J connectivity index is 2.08. The average molecular weight is 239 g/mol. The maximum absolute atomic E-state index is 10.5. The van der Waals surface area contributed by atoms with E-state index < -0.39 is 4.92 Å². The highest BCUT2D eigenvalue weighted by atomic mass is 16.6. The van der Waals surface area contributed by atoms with E-state index in [4.69, 9.17) is 9.84 Å². The number of nitro groups is 1. The van der Waals surface area contributed by atoms with E-state index in [1.165, 1.54) is 12.3 Å². The van der Waals surface area contributed by atoms with Gasteiger partial charge in [-0.15, -0.1) is 0 Å². The SMILES string of the molecule is O=[N+]([O-])c1ccc(N2CCO[C@@H](CO)C2)cn1. The zero-order chi connectivity index (χ0) is 12.3. The van der Waals surface area contributed by atoms with Crippen LogP contribution in [0.15, 0.2) is 18.3 Å². The minimum Gasteiger partial charge on any atom is -0.394 e. The lowest BCUT2D eigenvalue weighted by Crippen LogP contribution is -2.44. The molecule has 1 atom stereocenters. The molecule has 0 spiro atoms. The lowest BCUT2D eigenvalue weighted by Gasteiger charge is -2.32. The van der Waals surface area contributed by atoms with Gasteiger partial charge in [-0.1, -0.05) is 0 Å². The van der Waals surface area contributed by atoms with Crippen molar-refractivity contribution in [2.75, 3.05) is 31.2 Å². The average Bonchev–Trinajstić information content (AvgIpc) is 2.39. The molecule has 1 aliphatic heterocycles. The molecule has 1 aliphatic rings. The zero-order valence-corrected chi connectivity index (χ0v) is 9.15. The van der Waals surface area contributed by atoms with Crippen molar-refractivity contribution in [3.05, 3.63) is 28.4 Å². The second-order valence-electron chi connectivity index (χ2n) is 3.75. The second-order valence-corrected chi connectivity index (χ2v) is 3.75. The van der Waals surface area contributed by atoms with Gasteiger partial charge in [0.05, 0.1) is 25.0 Å². The molecular formula is C10H13N3O4. The molecule has 1 fully saturated rings. The first-order valence-corrected chi connectivity index (χ1v) is 5.28. The molecule has 7 heteroatoms. The van der Waals surface area contributed by atoms with E-state index in [9.17, 15) is 10.1 Å².